The largest absolute Gasteiger partial charge is 0.339 e. The monoisotopic (exact) mass is 309 g/mol. The first-order valence-electron chi connectivity index (χ1n) is 7.06. The molecular formula is C15H20ClN3O2. The highest BCUT2D eigenvalue weighted by Gasteiger charge is 2.31. The quantitative estimate of drug-likeness (QED) is 0.509. The maximum Gasteiger partial charge on any atom is 0.253 e. The molecule has 0 spiro atoms. The van der Waals surface area contributed by atoms with Crippen LogP contribution in [0.3, 0.4) is 0 Å². The number of halogens is 1. The summed E-state index contributed by atoms with van der Waals surface area (Å²) in [6, 6.07) is 6.95. The van der Waals surface area contributed by atoms with Gasteiger partial charge in [-0.15, -0.1) is 0 Å². The van der Waals surface area contributed by atoms with E-state index in [1.165, 1.54) is 0 Å². The number of benzene rings is 1. The molecule has 2 atom stereocenters. The Morgan fingerprint density at radius 2 is 2.14 bits per heavy atom. The maximum absolute atomic E-state index is 12.5. The number of nitrogens with two attached hydrogens (primary N) is 1. The summed E-state index contributed by atoms with van der Waals surface area (Å²) < 4.78 is 0. The fourth-order valence-corrected chi connectivity index (χ4v) is 3.05. The molecule has 6 heteroatoms. The van der Waals surface area contributed by atoms with Crippen LogP contribution in [0.5, 0.6) is 0 Å². The number of rotatable bonds is 3. The van der Waals surface area contributed by atoms with Crippen molar-refractivity contribution in [1.82, 2.24) is 10.3 Å². The fraction of sp³-hybridized carbons (Fsp3) is 0.467. The Balaban J connectivity index is 2.06. The van der Waals surface area contributed by atoms with Gasteiger partial charge in [-0.25, -0.2) is 5.84 Å². The molecule has 2 amide bonds. The molecule has 1 aliphatic carbocycles. The normalized spacial score (nSPS) is 21.7. The number of hydrogen-bond acceptors (Lipinski definition) is 3. The lowest BCUT2D eigenvalue weighted by Gasteiger charge is -2.34. The number of amides is 2. The van der Waals surface area contributed by atoms with Gasteiger partial charge in [-0.05, 0) is 37.5 Å². The molecule has 0 unspecified atom stereocenters. The summed E-state index contributed by atoms with van der Waals surface area (Å²) in [7, 11) is 1.77. The summed E-state index contributed by atoms with van der Waals surface area (Å²) in [4.78, 5) is 25.9. The van der Waals surface area contributed by atoms with E-state index in [4.69, 9.17) is 17.4 Å². The van der Waals surface area contributed by atoms with E-state index >= 15 is 0 Å². The number of nitrogens with one attached hydrogen (secondary N) is 1. The van der Waals surface area contributed by atoms with Gasteiger partial charge < -0.3 is 4.90 Å². The first kappa shape index (κ1) is 15.8. The molecule has 1 aliphatic rings. The van der Waals surface area contributed by atoms with E-state index in [1.54, 1.807) is 36.2 Å². The Kier molecular flexibility index (Phi) is 5.20. The third-order valence-electron chi connectivity index (χ3n) is 4.10. The molecule has 1 fully saturated rings. The molecule has 0 saturated heterocycles. The van der Waals surface area contributed by atoms with Crippen LogP contribution >= 0.6 is 11.6 Å². The predicted octanol–water partition coefficient (Wildman–Crippen LogP) is 1.96. The highest BCUT2D eigenvalue weighted by molar-refractivity contribution is 6.30. The molecule has 5 nitrogen and oxygen atoms in total. The third-order valence-corrected chi connectivity index (χ3v) is 4.33. The van der Waals surface area contributed by atoms with E-state index in [-0.39, 0.29) is 23.8 Å². The highest BCUT2D eigenvalue weighted by atomic mass is 35.5. The van der Waals surface area contributed by atoms with Gasteiger partial charge in [-0.2, -0.15) is 0 Å². The third kappa shape index (κ3) is 3.74. The first-order valence-corrected chi connectivity index (χ1v) is 7.44. The average molecular weight is 310 g/mol. The molecule has 0 aromatic heterocycles. The molecule has 1 saturated carbocycles. The fourth-order valence-electron chi connectivity index (χ4n) is 2.86. The van der Waals surface area contributed by atoms with Crippen LogP contribution in [0.1, 0.15) is 36.0 Å². The van der Waals surface area contributed by atoms with Gasteiger partial charge in [-0.3, -0.25) is 15.0 Å². The van der Waals surface area contributed by atoms with Crippen LogP contribution in [-0.2, 0) is 4.79 Å². The Labute approximate surface area is 129 Å². The SMILES string of the molecule is CN(C(=O)c1cccc(Cl)c1)[C@@H]1CCC[C@H](C(=O)NN)C1. The molecule has 0 radical (unpaired) electrons. The Morgan fingerprint density at radius 1 is 1.38 bits per heavy atom. The van der Waals surface area contributed by atoms with Crippen LogP contribution in [0.4, 0.5) is 0 Å². The second kappa shape index (κ2) is 6.91. The minimum Gasteiger partial charge on any atom is -0.339 e. The van der Waals surface area contributed by atoms with Gasteiger partial charge in [0, 0.05) is 29.6 Å². The standard InChI is InChI=1S/C15H20ClN3O2/c1-19(15(21)11-5-2-6-12(16)8-11)13-7-3-4-10(9-13)14(20)18-17/h2,5-6,8,10,13H,3-4,7,9,17H2,1H3,(H,18,20)/t10-,13+/m0/s1. The van der Waals surface area contributed by atoms with E-state index in [0.717, 1.165) is 19.3 Å². The van der Waals surface area contributed by atoms with Crippen molar-refractivity contribution in [3.63, 3.8) is 0 Å². The summed E-state index contributed by atoms with van der Waals surface area (Å²) in [5.41, 5.74) is 2.77. The number of carbonyl (C=O) groups excluding carboxylic acids is 2. The zero-order chi connectivity index (χ0) is 15.4. The molecule has 114 valence electrons. The molecule has 0 aliphatic heterocycles. The van der Waals surface area contributed by atoms with Crippen LogP contribution < -0.4 is 11.3 Å². The number of carbonyl (C=O) groups is 2. The average Bonchev–Trinajstić information content (AvgIpc) is 2.52. The second-order valence-corrected chi connectivity index (χ2v) is 5.89. The topological polar surface area (TPSA) is 75.4 Å². The molecule has 0 heterocycles. The molecule has 0 bridgehead atoms. The number of hydrogen-bond donors (Lipinski definition) is 2. The van der Waals surface area contributed by atoms with Crippen molar-refractivity contribution in [2.45, 2.75) is 31.7 Å². The van der Waals surface area contributed by atoms with Crippen LogP contribution in [0.25, 0.3) is 0 Å². The molecule has 2 rings (SSSR count). The van der Waals surface area contributed by atoms with Gasteiger partial charge in [-0.1, -0.05) is 24.1 Å². The van der Waals surface area contributed by atoms with Gasteiger partial charge in [0.15, 0.2) is 0 Å². The maximum atomic E-state index is 12.5. The molecule has 1 aromatic carbocycles. The van der Waals surface area contributed by atoms with Gasteiger partial charge in [0.2, 0.25) is 5.91 Å². The van der Waals surface area contributed by atoms with E-state index in [0.29, 0.717) is 17.0 Å². The minimum atomic E-state index is -0.150. The first-order chi connectivity index (χ1) is 10.0. The lowest BCUT2D eigenvalue weighted by molar-refractivity contribution is -0.126. The molecule has 1 aromatic rings. The van der Waals surface area contributed by atoms with Crippen LogP contribution in [-0.4, -0.2) is 29.8 Å². The predicted molar refractivity (Wildman–Crippen MR) is 81.6 cm³/mol. The number of hydrazine groups is 1. The van der Waals surface area contributed by atoms with Crippen molar-refractivity contribution >= 4 is 23.4 Å². The minimum absolute atomic E-state index is 0.0486. The van der Waals surface area contributed by atoms with Crippen molar-refractivity contribution in [3.05, 3.63) is 34.9 Å². The van der Waals surface area contributed by atoms with Crippen molar-refractivity contribution < 1.29 is 9.59 Å². The Morgan fingerprint density at radius 3 is 2.81 bits per heavy atom. The van der Waals surface area contributed by atoms with E-state index in [9.17, 15) is 9.59 Å². The number of nitrogens with zero attached hydrogens (tertiary/aromatic N) is 1. The summed E-state index contributed by atoms with van der Waals surface area (Å²) >= 11 is 5.93. The molecule has 21 heavy (non-hydrogen) atoms. The van der Waals surface area contributed by atoms with Crippen molar-refractivity contribution in [3.8, 4) is 0 Å². The van der Waals surface area contributed by atoms with Crippen LogP contribution in [0, 0.1) is 5.92 Å². The van der Waals surface area contributed by atoms with Crippen molar-refractivity contribution in [1.29, 1.82) is 0 Å². The van der Waals surface area contributed by atoms with Gasteiger partial charge in [0.1, 0.15) is 0 Å². The lowest BCUT2D eigenvalue weighted by atomic mass is 9.84. The van der Waals surface area contributed by atoms with E-state index in [1.807, 2.05) is 0 Å². The smallest absolute Gasteiger partial charge is 0.253 e. The van der Waals surface area contributed by atoms with Crippen LogP contribution in [0.2, 0.25) is 5.02 Å². The summed E-state index contributed by atoms with van der Waals surface area (Å²) in [6.07, 6.45) is 3.28. The molecular weight excluding hydrogens is 290 g/mol. The van der Waals surface area contributed by atoms with Crippen molar-refractivity contribution in [2.75, 3.05) is 7.05 Å². The lowest BCUT2D eigenvalue weighted by Crippen LogP contribution is -2.44. The zero-order valence-corrected chi connectivity index (χ0v) is 12.8. The zero-order valence-electron chi connectivity index (χ0n) is 12.0. The van der Waals surface area contributed by atoms with Gasteiger partial charge >= 0.3 is 0 Å². The Bertz CT molecular complexity index is 535. The highest BCUT2D eigenvalue weighted by Crippen LogP contribution is 2.28. The van der Waals surface area contributed by atoms with Gasteiger partial charge in [0.05, 0.1) is 0 Å². The second-order valence-electron chi connectivity index (χ2n) is 5.45. The summed E-state index contributed by atoms with van der Waals surface area (Å²) in [5, 5.41) is 0.540. The summed E-state index contributed by atoms with van der Waals surface area (Å²) in [6.45, 7) is 0. The van der Waals surface area contributed by atoms with E-state index in [2.05, 4.69) is 5.43 Å². The van der Waals surface area contributed by atoms with Crippen molar-refractivity contribution in [2.24, 2.45) is 11.8 Å². The Hall–Kier alpha value is -1.59. The molecule has 3 N–H and O–H groups in total. The van der Waals surface area contributed by atoms with E-state index < -0.39 is 0 Å². The van der Waals surface area contributed by atoms with Crippen LogP contribution in [0.15, 0.2) is 24.3 Å². The van der Waals surface area contributed by atoms with Gasteiger partial charge in [0.25, 0.3) is 5.91 Å². The summed E-state index contributed by atoms with van der Waals surface area (Å²) in [5.74, 6) is 4.85.